The van der Waals surface area contributed by atoms with Crippen LogP contribution >= 0.6 is 11.3 Å². The van der Waals surface area contributed by atoms with E-state index in [1.54, 1.807) is 26.0 Å². The number of carbonyl (C=O) groups is 2. The Morgan fingerprint density at radius 2 is 2.00 bits per heavy atom. The molecule has 0 radical (unpaired) electrons. The minimum atomic E-state index is -1.11. The van der Waals surface area contributed by atoms with Crippen molar-refractivity contribution in [2.45, 2.75) is 19.8 Å². The lowest BCUT2D eigenvalue weighted by molar-refractivity contribution is -0.140. The summed E-state index contributed by atoms with van der Waals surface area (Å²) in [5, 5.41) is 20.5. The van der Waals surface area contributed by atoms with Crippen molar-refractivity contribution in [1.29, 1.82) is 0 Å². The Kier molecular flexibility index (Phi) is 3.53. The van der Waals surface area contributed by atoms with E-state index >= 15 is 0 Å². The molecule has 0 aliphatic carbocycles. The van der Waals surface area contributed by atoms with Gasteiger partial charge in [-0.2, -0.15) is 0 Å². The quantitative estimate of drug-likeness (QED) is 0.889. The fraction of sp³-hybridized carbons (Fsp3) is 0.308. The molecule has 0 fully saturated rings. The summed E-state index contributed by atoms with van der Waals surface area (Å²) in [5.41, 5.74) is 0.884. The Balaban J connectivity index is 2.63. The molecule has 0 saturated carbocycles. The molecule has 0 bridgehead atoms. The van der Waals surface area contributed by atoms with Crippen LogP contribution in [0.2, 0.25) is 0 Å². The molecule has 1 aromatic heterocycles. The van der Waals surface area contributed by atoms with Gasteiger partial charge in [0, 0.05) is 22.2 Å². The Bertz CT molecular complexity index is 586. The third-order valence-corrected chi connectivity index (χ3v) is 4.13. The molecule has 0 spiro atoms. The van der Waals surface area contributed by atoms with Crippen LogP contribution in [-0.4, -0.2) is 27.9 Å². The van der Waals surface area contributed by atoms with Gasteiger partial charge in [0.15, 0.2) is 0 Å². The fourth-order valence-corrected chi connectivity index (χ4v) is 3.28. The Morgan fingerprint density at radius 3 is 2.47 bits per heavy atom. The van der Waals surface area contributed by atoms with Crippen molar-refractivity contribution in [3.63, 3.8) is 0 Å². The summed E-state index contributed by atoms with van der Waals surface area (Å²) in [4.78, 5) is 27.7. The van der Waals surface area contributed by atoms with Crippen LogP contribution in [0.15, 0.2) is 33.8 Å². The van der Waals surface area contributed by atoms with E-state index in [2.05, 4.69) is 4.99 Å². The molecule has 2 rings (SSSR count). The van der Waals surface area contributed by atoms with Crippen LogP contribution in [0.25, 0.3) is 0 Å². The maximum atomic E-state index is 11.5. The van der Waals surface area contributed by atoms with Crippen molar-refractivity contribution in [2.24, 2.45) is 10.9 Å². The van der Waals surface area contributed by atoms with Gasteiger partial charge in [-0.15, -0.1) is 11.3 Å². The van der Waals surface area contributed by atoms with Crippen molar-refractivity contribution in [2.75, 3.05) is 0 Å². The normalized spacial score (nSPS) is 23.2. The number of carboxylic acids is 2. The molecule has 2 N–H and O–H groups in total. The van der Waals surface area contributed by atoms with Gasteiger partial charge in [-0.3, -0.25) is 9.79 Å². The van der Waals surface area contributed by atoms with Crippen LogP contribution in [0.5, 0.6) is 0 Å². The zero-order valence-electron chi connectivity index (χ0n) is 10.5. The van der Waals surface area contributed by atoms with Gasteiger partial charge < -0.3 is 10.2 Å². The summed E-state index contributed by atoms with van der Waals surface area (Å²) in [6.07, 6.45) is 0. The van der Waals surface area contributed by atoms with E-state index in [1.807, 2.05) is 5.38 Å². The molecular weight excluding hydrogens is 266 g/mol. The van der Waals surface area contributed by atoms with Gasteiger partial charge in [0.2, 0.25) is 0 Å². The van der Waals surface area contributed by atoms with Crippen LogP contribution < -0.4 is 0 Å². The second kappa shape index (κ2) is 4.97. The zero-order valence-corrected chi connectivity index (χ0v) is 11.3. The molecule has 100 valence electrons. The van der Waals surface area contributed by atoms with Crippen molar-refractivity contribution >= 4 is 29.0 Å². The monoisotopic (exact) mass is 279 g/mol. The second-order valence-corrected chi connectivity index (χ2v) is 5.35. The molecule has 0 aromatic carbocycles. The van der Waals surface area contributed by atoms with Crippen LogP contribution in [0.3, 0.4) is 0 Å². The van der Waals surface area contributed by atoms with Crippen molar-refractivity contribution in [3.8, 4) is 0 Å². The smallest absolute Gasteiger partial charge is 0.334 e. The van der Waals surface area contributed by atoms with Gasteiger partial charge in [-0.25, -0.2) is 4.79 Å². The Morgan fingerprint density at radius 1 is 1.32 bits per heavy atom. The van der Waals surface area contributed by atoms with Gasteiger partial charge >= 0.3 is 11.9 Å². The lowest BCUT2D eigenvalue weighted by atomic mass is 9.79. The molecule has 0 amide bonds. The summed E-state index contributed by atoms with van der Waals surface area (Å²) in [6.45, 7) is 3.23. The number of allylic oxidation sites excluding steroid dienone is 1. The van der Waals surface area contributed by atoms with Gasteiger partial charge in [-0.1, -0.05) is 6.07 Å². The second-order valence-electron chi connectivity index (χ2n) is 4.37. The number of carboxylic acid groups (broad SMARTS) is 2. The molecule has 2 atom stereocenters. The maximum Gasteiger partial charge on any atom is 0.334 e. The fourth-order valence-electron chi connectivity index (χ4n) is 2.41. The van der Waals surface area contributed by atoms with Gasteiger partial charge in [0.1, 0.15) is 5.92 Å². The highest BCUT2D eigenvalue weighted by molar-refractivity contribution is 7.10. The highest BCUT2D eigenvalue weighted by Gasteiger charge is 2.41. The van der Waals surface area contributed by atoms with E-state index in [0.717, 1.165) is 4.88 Å². The summed E-state index contributed by atoms with van der Waals surface area (Å²) in [6, 6.07) is 3.55. The highest BCUT2D eigenvalue weighted by Crippen LogP contribution is 2.40. The first-order chi connectivity index (χ1) is 8.93. The third-order valence-electron chi connectivity index (χ3n) is 3.17. The van der Waals surface area contributed by atoms with Crippen molar-refractivity contribution in [1.82, 2.24) is 0 Å². The van der Waals surface area contributed by atoms with E-state index in [9.17, 15) is 19.8 Å². The van der Waals surface area contributed by atoms with Crippen LogP contribution in [0, 0.1) is 5.92 Å². The number of hydrogen-bond donors (Lipinski definition) is 2. The lowest BCUT2D eigenvalue weighted by Gasteiger charge is -2.28. The first-order valence-electron chi connectivity index (χ1n) is 5.69. The zero-order chi connectivity index (χ0) is 14.2. The first-order valence-corrected chi connectivity index (χ1v) is 6.57. The predicted octanol–water partition coefficient (Wildman–Crippen LogP) is 2.37. The van der Waals surface area contributed by atoms with Gasteiger partial charge in [0.25, 0.3) is 0 Å². The number of rotatable bonds is 3. The van der Waals surface area contributed by atoms with Gasteiger partial charge in [0.05, 0.1) is 5.57 Å². The van der Waals surface area contributed by atoms with Crippen LogP contribution in [-0.2, 0) is 9.59 Å². The largest absolute Gasteiger partial charge is 0.481 e. The molecule has 1 aromatic rings. The molecule has 19 heavy (non-hydrogen) atoms. The molecule has 5 nitrogen and oxygen atoms in total. The molecule has 2 unspecified atom stereocenters. The Hall–Kier alpha value is -1.95. The lowest BCUT2D eigenvalue weighted by Crippen LogP contribution is -2.34. The summed E-state index contributed by atoms with van der Waals surface area (Å²) in [5.74, 6) is -3.76. The van der Waals surface area contributed by atoms with E-state index in [0.29, 0.717) is 11.4 Å². The number of aliphatic carboxylic acids is 2. The van der Waals surface area contributed by atoms with Gasteiger partial charge in [-0.05, 0) is 25.3 Å². The molecule has 1 aliphatic rings. The van der Waals surface area contributed by atoms with E-state index in [4.69, 9.17) is 0 Å². The van der Waals surface area contributed by atoms with Crippen LogP contribution in [0.1, 0.15) is 24.6 Å². The molecule has 0 saturated heterocycles. The molecule has 1 aliphatic heterocycles. The molecule has 6 heteroatoms. The minimum Gasteiger partial charge on any atom is -0.481 e. The van der Waals surface area contributed by atoms with E-state index < -0.39 is 23.8 Å². The third kappa shape index (κ3) is 2.31. The van der Waals surface area contributed by atoms with E-state index in [1.165, 1.54) is 11.3 Å². The van der Waals surface area contributed by atoms with Crippen LogP contribution in [0.4, 0.5) is 0 Å². The first kappa shape index (κ1) is 13.5. The minimum absolute atomic E-state index is 0.0699. The Labute approximate surface area is 113 Å². The maximum absolute atomic E-state index is 11.5. The topological polar surface area (TPSA) is 87.0 Å². The summed E-state index contributed by atoms with van der Waals surface area (Å²) in [7, 11) is 0. The SMILES string of the molecule is CC1=NC(C)=C(C(=O)O)C(c2cccs2)C1C(=O)O. The van der Waals surface area contributed by atoms with Crippen molar-refractivity contribution in [3.05, 3.63) is 33.7 Å². The van der Waals surface area contributed by atoms with Crippen molar-refractivity contribution < 1.29 is 19.8 Å². The summed E-state index contributed by atoms with van der Waals surface area (Å²) < 4.78 is 0. The van der Waals surface area contributed by atoms with E-state index in [-0.39, 0.29) is 5.57 Å². The average Bonchev–Trinajstić information content (AvgIpc) is 2.79. The highest BCUT2D eigenvalue weighted by atomic mass is 32.1. The molecular formula is C13H13NO4S. The number of thiophene rings is 1. The standard InChI is InChI=1S/C13H13NO4S/c1-6-9(12(15)16)11(8-4-3-5-19-8)10(13(17)18)7(2)14-6/h3-5,9,11H,1-2H3,(H,15,16)(H,17,18). The number of aliphatic imine (C=N–C) groups is 1. The average molecular weight is 279 g/mol. The predicted molar refractivity (Wildman–Crippen MR) is 71.6 cm³/mol. The number of nitrogens with zero attached hydrogens (tertiary/aromatic N) is 1. The summed E-state index contributed by atoms with van der Waals surface area (Å²) >= 11 is 1.36. The number of hydrogen-bond acceptors (Lipinski definition) is 4. The molecule has 2 heterocycles.